The first kappa shape index (κ1) is 35.6. The molecule has 0 saturated carbocycles. The third-order valence-corrected chi connectivity index (χ3v) is 10.6. The van der Waals surface area contributed by atoms with E-state index < -0.39 is 65.6 Å². The zero-order valence-corrected chi connectivity index (χ0v) is 24.4. The molecule has 0 amide bonds. The SMILES string of the molecule is FC(F)(F)C(F)(F)C(F)(F)C(F)(F)CCc1cc2cc3c(cc2s1)sc1cc2sc(C(F)(F)C(F)(F)C(F)(F)C(F)(F)F)cc2cc13. The van der Waals surface area contributed by atoms with Crippen molar-refractivity contribution in [2.75, 3.05) is 0 Å². The van der Waals surface area contributed by atoms with Crippen LogP contribution in [0, 0.1) is 0 Å². The van der Waals surface area contributed by atoms with Crippen LogP contribution in [0.25, 0.3) is 40.3 Å². The summed E-state index contributed by atoms with van der Waals surface area (Å²) >= 11 is 1.54. The minimum atomic E-state index is -7.09. The highest BCUT2D eigenvalue weighted by atomic mass is 32.1. The van der Waals surface area contributed by atoms with Crippen molar-refractivity contribution in [2.45, 2.75) is 60.7 Å². The van der Waals surface area contributed by atoms with Gasteiger partial charge in [-0.25, -0.2) is 0 Å². The molecule has 0 aliphatic rings. The van der Waals surface area contributed by atoms with Gasteiger partial charge in [-0.1, -0.05) is 0 Å². The minimum Gasteiger partial charge on any atom is -0.200 e. The van der Waals surface area contributed by atoms with Gasteiger partial charge in [0.1, 0.15) is 0 Å². The Balaban J connectivity index is 1.48. The molecular weight excluding hydrogens is 750 g/mol. The molecule has 0 spiro atoms. The zero-order valence-electron chi connectivity index (χ0n) is 21.9. The fourth-order valence-electron chi connectivity index (χ4n) is 4.55. The molecule has 0 saturated heterocycles. The number of halogens is 18. The molecule has 3 heterocycles. The second-order valence-corrected chi connectivity index (χ2v) is 13.6. The van der Waals surface area contributed by atoms with Crippen LogP contribution in [-0.4, -0.2) is 42.0 Å². The molecule has 3 aromatic heterocycles. The Morgan fingerprint density at radius 2 is 0.872 bits per heavy atom. The summed E-state index contributed by atoms with van der Waals surface area (Å²) in [6.07, 6.45) is -17.1. The summed E-state index contributed by atoms with van der Waals surface area (Å²) in [5, 5.41) is 0.555. The third-order valence-electron chi connectivity index (χ3n) is 7.15. The van der Waals surface area contributed by atoms with Gasteiger partial charge in [-0.05, 0) is 53.6 Å². The lowest BCUT2D eigenvalue weighted by atomic mass is 9.99. The molecule has 5 rings (SSSR count). The van der Waals surface area contributed by atoms with Crippen molar-refractivity contribution in [3.05, 3.63) is 46.2 Å². The lowest BCUT2D eigenvalue weighted by molar-refractivity contribution is -0.399. The first-order valence-electron chi connectivity index (χ1n) is 12.3. The van der Waals surface area contributed by atoms with Crippen LogP contribution in [0.5, 0.6) is 0 Å². The van der Waals surface area contributed by atoms with Crippen molar-refractivity contribution in [3.63, 3.8) is 0 Å². The highest BCUT2D eigenvalue weighted by molar-refractivity contribution is 7.27. The molecule has 0 aliphatic heterocycles. The molecule has 47 heavy (non-hydrogen) atoms. The van der Waals surface area contributed by atoms with E-state index in [9.17, 15) is 79.0 Å². The molecule has 0 atom stereocenters. The van der Waals surface area contributed by atoms with Crippen LogP contribution >= 0.6 is 34.0 Å². The van der Waals surface area contributed by atoms with Crippen LogP contribution in [0.15, 0.2) is 36.4 Å². The number of alkyl halides is 18. The number of thiophene rings is 3. The lowest BCUT2D eigenvalue weighted by Gasteiger charge is -2.33. The molecule has 0 unspecified atom stereocenters. The first-order chi connectivity index (χ1) is 21.1. The van der Waals surface area contributed by atoms with Crippen molar-refractivity contribution in [3.8, 4) is 0 Å². The summed E-state index contributed by atoms with van der Waals surface area (Å²) in [6, 6.07) is 6.67. The third kappa shape index (κ3) is 5.19. The van der Waals surface area contributed by atoms with Gasteiger partial charge in [-0.2, -0.15) is 79.0 Å². The maximum absolute atomic E-state index is 14.5. The quantitative estimate of drug-likeness (QED) is 0.138. The van der Waals surface area contributed by atoms with E-state index in [0.717, 1.165) is 34.8 Å². The Hall–Kier alpha value is -2.68. The Morgan fingerprint density at radius 1 is 0.426 bits per heavy atom. The Bertz CT molecular complexity index is 1990. The molecule has 0 bridgehead atoms. The van der Waals surface area contributed by atoms with Crippen molar-refractivity contribution < 1.29 is 79.0 Å². The smallest absolute Gasteiger partial charge is 0.200 e. The van der Waals surface area contributed by atoms with Gasteiger partial charge in [-0.15, -0.1) is 34.0 Å². The molecule has 0 N–H and O–H groups in total. The van der Waals surface area contributed by atoms with Gasteiger partial charge in [0.15, 0.2) is 0 Å². The number of benzene rings is 2. The van der Waals surface area contributed by atoms with E-state index >= 15 is 0 Å². The van der Waals surface area contributed by atoms with E-state index in [-0.39, 0.29) is 37.1 Å². The van der Waals surface area contributed by atoms with Crippen molar-refractivity contribution in [1.82, 2.24) is 0 Å². The molecule has 0 fully saturated rings. The van der Waals surface area contributed by atoms with Crippen molar-refractivity contribution >= 4 is 74.4 Å². The zero-order chi connectivity index (χ0) is 35.6. The molecule has 21 heteroatoms. The summed E-state index contributed by atoms with van der Waals surface area (Å²) in [5.41, 5.74) is 0. The van der Waals surface area contributed by atoms with E-state index in [1.165, 1.54) is 18.2 Å². The van der Waals surface area contributed by atoms with Gasteiger partial charge in [0, 0.05) is 40.9 Å². The van der Waals surface area contributed by atoms with Crippen LogP contribution < -0.4 is 0 Å². The van der Waals surface area contributed by atoms with E-state index in [0.29, 0.717) is 25.6 Å². The van der Waals surface area contributed by atoms with Crippen LogP contribution in [0.1, 0.15) is 16.2 Å². The van der Waals surface area contributed by atoms with Gasteiger partial charge in [0.05, 0.1) is 4.88 Å². The van der Waals surface area contributed by atoms with Gasteiger partial charge in [0.25, 0.3) is 0 Å². The number of aryl methyl sites for hydroxylation is 1. The Kier molecular flexibility index (Phi) is 7.89. The van der Waals surface area contributed by atoms with E-state index in [1.54, 1.807) is 0 Å². The molecule has 0 radical (unpaired) electrons. The number of hydrogen-bond donors (Lipinski definition) is 0. The number of hydrogen-bond acceptors (Lipinski definition) is 3. The summed E-state index contributed by atoms with van der Waals surface area (Å²) in [4.78, 5) is -1.90. The van der Waals surface area contributed by atoms with E-state index in [4.69, 9.17) is 0 Å². The summed E-state index contributed by atoms with van der Waals surface area (Å²) in [6.45, 7) is 0. The highest BCUT2D eigenvalue weighted by Crippen LogP contribution is 2.58. The topological polar surface area (TPSA) is 0 Å². The van der Waals surface area contributed by atoms with Crippen LogP contribution in [0.4, 0.5) is 79.0 Å². The maximum atomic E-state index is 14.5. The second kappa shape index (κ2) is 10.4. The molecule has 5 aromatic rings. The summed E-state index contributed by atoms with van der Waals surface area (Å²) in [5.74, 6) is -39.5. The van der Waals surface area contributed by atoms with Gasteiger partial charge in [-0.3, -0.25) is 0 Å². The summed E-state index contributed by atoms with van der Waals surface area (Å²) in [7, 11) is 0. The number of rotatable bonds is 8. The van der Waals surface area contributed by atoms with Crippen LogP contribution in [0.3, 0.4) is 0 Å². The van der Waals surface area contributed by atoms with E-state index in [1.807, 2.05) is 0 Å². The van der Waals surface area contributed by atoms with Crippen molar-refractivity contribution in [2.24, 2.45) is 0 Å². The standard InChI is InChI=1S/C26H10F18S3/c27-19(28,21(31,32)23(35,36)25(39,40)41)2-1-11-3-9-4-12-13-5-10-6-18(20(29,30)22(33,34)24(37,38)26(42,43)44)47-15(10)8-17(13)46-16(12)7-14(9)45-11/h3-8H,1-2H2. The van der Waals surface area contributed by atoms with Gasteiger partial charge < -0.3 is 0 Å². The predicted octanol–water partition coefficient (Wildman–Crippen LogP) is 12.8. The average Bonchev–Trinajstić information content (AvgIpc) is 3.61. The van der Waals surface area contributed by atoms with Crippen molar-refractivity contribution in [1.29, 1.82) is 0 Å². The Morgan fingerprint density at radius 3 is 1.36 bits per heavy atom. The molecule has 0 aliphatic carbocycles. The van der Waals surface area contributed by atoms with Crippen LogP contribution in [-0.2, 0) is 12.3 Å². The van der Waals surface area contributed by atoms with E-state index in [2.05, 4.69) is 0 Å². The van der Waals surface area contributed by atoms with Gasteiger partial charge >= 0.3 is 47.9 Å². The monoisotopic (exact) mass is 760 g/mol. The fourth-order valence-corrected chi connectivity index (χ4v) is 8.03. The number of fused-ring (bicyclic) bond motifs is 5. The predicted molar refractivity (Wildman–Crippen MR) is 139 cm³/mol. The average molecular weight is 761 g/mol. The fraction of sp³-hybridized carbons (Fsp3) is 0.385. The summed E-state index contributed by atoms with van der Waals surface area (Å²) < 4.78 is 241. The largest absolute Gasteiger partial charge is 0.460 e. The molecule has 0 nitrogen and oxygen atoms in total. The first-order valence-corrected chi connectivity index (χ1v) is 14.7. The molecular formula is C26H10F18S3. The Labute approximate surface area is 260 Å². The molecule has 2 aromatic carbocycles. The minimum absolute atomic E-state index is 0.114. The normalized spacial score (nSPS) is 15.2. The maximum Gasteiger partial charge on any atom is 0.460 e. The lowest BCUT2D eigenvalue weighted by Crippen LogP contribution is -2.60. The van der Waals surface area contributed by atoms with Crippen LogP contribution in [0.2, 0.25) is 0 Å². The molecule has 258 valence electrons. The highest BCUT2D eigenvalue weighted by Gasteiger charge is 2.83. The van der Waals surface area contributed by atoms with Gasteiger partial charge in [0.2, 0.25) is 0 Å². The second-order valence-electron chi connectivity index (χ2n) is 10.3.